The molecule has 152 valence electrons. The Balaban J connectivity index is 1.84. The van der Waals surface area contributed by atoms with Gasteiger partial charge in [-0.25, -0.2) is 0 Å². The molecule has 0 spiro atoms. The summed E-state index contributed by atoms with van der Waals surface area (Å²) in [6.07, 6.45) is 0. The third-order valence-corrected chi connectivity index (χ3v) is 5.06. The first-order valence-corrected chi connectivity index (χ1v) is 9.47. The van der Waals surface area contributed by atoms with E-state index in [0.29, 0.717) is 42.4 Å². The van der Waals surface area contributed by atoms with Crippen molar-refractivity contribution in [1.29, 1.82) is 0 Å². The smallest absolute Gasteiger partial charge is 0.257 e. The molecule has 0 atom stereocenters. The lowest BCUT2D eigenvalue weighted by Gasteiger charge is -2.16. The zero-order valence-electron chi connectivity index (χ0n) is 17.1. The summed E-state index contributed by atoms with van der Waals surface area (Å²) >= 11 is 0. The van der Waals surface area contributed by atoms with Crippen LogP contribution in [-0.2, 0) is 19.7 Å². The number of nitrogens with two attached hydrogens (primary N) is 2. The summed E-state index contributed by atoms with van der Waals surface area (Å²) in [6, 6.07) is 15.3. The predicted octanol–water partition coefficient (Wildman–Crippen LogP) is 3.14. The molecule has 0 fully saturated rings. The maximum atomic E-state index is 13.0. The minimum absolute atomic E-state index is 0.0819. The third kappa shape index (κ3) is 4.43. The van der Waals surface area contributed by atoms with Crippen molar-refractivity contribution in [3.63, 3.8) is 0 Å². The molecule has 1 heterocycles. The number of pyridine rings is 1. The molecular weight excluding hydrogens is 366 g/mol. The Morgan fingerprint density at radius 3 is 2.38 bits per heavy atom. The van der Waals surface area contributed by atoms with Crippen molar-refractivity contribution in [1.82, 2.24) is 4.57 Å². The number of aryl methyl sites for hydroxylation is 1. The van der Waals surface area contributed by atoms with E-state index in [2.05, 4.69) is 0 Å². The number of benzene rings is 2. The van der Waals surface area contributed by atoms with Gasteiger partial charge in [0.05, 0.1) is 24.9 Å². The minimum Gasteiger partial charge on any atom is -0.495 e. The second-order valence-electron chi connectivity index (χ2n) is 7.00. The first-order chi connectivity index (χ1) is 13.9. The summed E-state index contributed by atoms with van der Waals surface area (Å²) in [4.78, 5) is 13.0. The minimum atomic E-state index is -0.0819. The summed E-state index contributed by atoms with van der Waals surface area (Å²) in [5.41, 5.74) is 16.6. The number of anilines is 1. The Morgan fingerprint density at radius 1 is 1.00 bits per heavy atom. The van der Waals surface area contributed by atoms with Crippen molar-refractivity contribution >= 4 is 5.69 Å². The maximum Gasteiger partial charge on any atom is 0.257 e. The molecule has 0 saturated carbocycles. The van der Waals surface area contributed by atoms with Crippen LogP contribution in [0, 0.1) is 13.8 Å². The van der Waals surface area contributed by atoms with Crippen LogP contribution in [-0.4, -0.2) is 11.7 Å². The van der Waals surface area contributed by atoms with Crippen molar-refractivity contribution in [3.8, 4) is 11.5 Å². The van der Waals surface area contributed by atoms with Gasteiger partial charge in [0.2, 0.25) is 0 Å². The number of methoxy groups -OCH3 is 1. The van der Waals surface area contributed by atoms with Gasteiger partial charge in [-0.3, -0.25) is 4.79 Å². The molecule has 4 N–H and O–H groups in total. The van der Waals surface area contributed by atoms with Gasteiger partial charge < -0.3 is 25.5 Å². The van der Waals surface area contributed by atoms with E-state index in [1.807, 2.05) is 55.5 Å². The van der Waals surface area contributed by atoms with E-state index in [4.69, 9.17) is 20.9 Å². The normalized spacial score (nSPS) is 10.8. The SMILES string of the molecule is COc1ccc(Cn2c(C)cc(OCc3ccccc3CN)c(C)c2=O)cc1N. The third-order valence-electron chi connectivity index (χ3n) is 5.06. The molecule has 0 aliphatic carbocycles. The lowest BCUT2D eigenvalue weighted by atomic mass is 10.1. The quantitative estimate of drug-likeness (QED) is 0.602. The second-order valence-corrected chi connectivity index (χ2v) is 7.00. The fourth-order valence-corrected chi connectivity index (χ4v) is 3.31. The number of ether oxygens (including phenoxy) is 2. The molecule has 1 aromatic heterocycles. The predicted molar refractivity (Wildman–Crippen MR) is 115 cm³/mol. The van der Waals surface area contributed by atoms with Crippen LogP contribution in [0.4, 0.5) is 5.69 Å². The molecule has 0 bridgehead atoms. The molecule has 0 aliphatic rings. The number of aromatic nitrogens is 1. The molecule has 6 heteroatoms. The van der Waals surface area contributed by atoms with Gasteiger partial charge >= 0.3 is 0 Å². The van der Waals surface area contributed by atoms with Crippen LogP contribution in [0.3, 0.4) is 0 Å². The Kier molecular flexibility index (Phi) is 6.24. The zero-order chi connectivity index (χ0) is 21.0. The van der Waals surface area contributed by atoms with Crippen molar-refractivity contribution in [2.75, 3.05) is 12.8 Å². The highest BCUT2D eigenvalue weighted by molar-refractivity contribution is 5.54. The van der Waals surface area contributed by atoms with Gasteiger partial charge in [-0.15, -0.1) is 0 Å². The van der Waals surface area contributed by atoms with Crippen molar-refractivity contribution in [3.05, 3.63) is 86.8 Å². The largest absolute Gasteiger partial charge is 0.495 e. The van der Waals surface area contributed by atoms with E-state index in [0.717, 1.165) is 22.4 Å². The maximum absolute atomic E-state index is 13.0. The van der Waals surface area contributed by atoms with E-state index >= 15 is 0 Å². The van der Waals surface area contributed by atoms with Gasteiger partial charge in [-0.05, 0) is 48.7 Å². The fraction of sp³-hybridized carbons (Fsp3) is 0.261. The van der Waals surface area contributed by atoms with Crippen LogP contribution in [0.1, 0.15) is 27.9 Å². The molecule has 29 heavy (non-hydrogen) atoms. The van der Waals surface area contributed by atoms with E-state index < -0.39 is 0 Å². The lowest BCUT2D eigenvalue weighted by Crippen LogP contribution is -2.25. The highest BCUT2D eigenvalue weighted by atomic mass is 16.5. The van der Waals surface area contributed by atoms with Crippen molar-refractivity contribution in [2.24, 2.45) is 5.73 Å². The van der Waals surface area contributed by atoms with E-state index in [-0.39, 0.29) is 5.56 Å². The van der Waals surface area contributed by atoms with Crippen LogP contribution >= 0.6 is 0 Å². The van der Waals surface area contributed by atoms with E-state index in [1.54, 1.807) is 18.6 Å². The monoisotopic (exact) mass is 393 g/mol. The number of hydrogen-bond donors (Lipinski definition) is 2. The highest BCUT2D eigenvalue weighted by Gasteiger charge is 2.12. The van der Waals surface area contributed by atoms with E-state index in [1.165, 1.54) is 0 Å². The second kappa shape index (κ2) is 8.84. The molecule has 0 radical (unpaired) electrons. The summed E-state index contributed by atoms with van der Waals surface area (Å²) in [7, 11) is 1.58. The first kappa shape index (κ1) is 20.5. The van der Waals surface area contributed by atoms with Crippen molar-refractivity contribution in [2.45, 2.75) is 33.5 Å². The summed E-state index contributed by atoms with van der Waals surface area (Å²) in [5.74, 6) is 1.21. The summed E-state index contributed by atoms with van der Waals surface area (Å²) < 4.78 is 12.9. The van der Waals surface area contributed by atoms with Crippen LogP contribution in [0.2, 0.25) is 0 Å². The Labute approximate surface area is 170 Å². The standard InChI is InChI=1S/C23H27N3O3/c1-15-10-22(29-14-19-7-5-4-6-18(19)12-24)16(2)23(27)26(15)13-17-8-9-21(28-3)20(25)11-17/h4-11H,12-14,24-25H2,1-3H3. The number of rotatable bonds is 7. The molecule has 3 aromatic rings. The Morgan fingerprint density at radius 2 is 1.72 bits per heavy atom. The van der Waals surface area contributed by atoms with Gasteiger partial charge in [-0.1, -0.05) is 30.3 Å². The van der Waals surface area contributed by atoms with Crippen LogP contribution in [0.25, 0.3) is 0 Å². The average Bonchev–Trinajstić information content (AvgIpc) is 2.73. The topological polar surface area (TPSA) is 92.5 Å². The fourth-order valence-electron chi connectivity index (χ4n) is 3.31. The average molecular weight is 393 g/mol. The first-order valence-electron chi connectivity index (χ1n) is 9.47. The molecule has 3 rings (SSSR count). The van der Waals surface area contributed by atoms with E-state index in [9.17, 15) is 4.79 Å². The van der Waals surface area contributed by atoms with Gasteiger partial charge in [0.1, 0.15) is 18.1 Å². The van der Waals surface area contributed by atoms with Crippen LogP contribution < -0.4 is 26.5 Å². The van der Waals surface area contributed by atoms with Gasteiger partial charge in [0.15, 0.2) is 0 Å². The van der Waals surface area contributed by atoms with Gasteiger partial charge in [0, 0.05) is 12.2 Å². The highest BCUT2D eigenvalue weighted by Crippen LogP contribution is 2.23. The number of nitrogens with zero attached hydrogens (tertiary/aromatic N) is 1. The molecule has 2 aromatic carbocycles. The Bertz CT molecular complexity index is 1070. The van der Waals surface area contributed by atoms with Gasteiger partial charge in [0.25, 0.3) is 5.56 Å². The molecule has 0 unspecified atom stereocenters. The zero-order valence-corrected chi connectivity index (χ0v) is 17.1. The number of hydrogen-bond acceptors (Lipinski definition) is 5. The lowest BCUT2D eigenvalue weighted by molar-refractivity contribution is 0.301. The molecule has 0 amide bonds. The molecule has 0 aliphatic heterocycles. The molecule has 6 nitrogen and oxygen atoms in total. The molecular formula is C23H27N3O3. The van der Waals surface area contributed by atoms with Crippen molar-refractivity contribution < 1.29 is 9.47 Å². The summed E-state index contributed by atoms with van der Waals surface area (Å²) in [6.45, 7) is 4.92. The Hall–Kier alpha value is -3.25. The van der Waals surface area contributed by atoms with Crippen LogP contribution in [0.15, 0.2) is 53.3 Å². The number of nitrogen functional groups attached to an aromatic ring is 1. The van der Waals surface area contributed by atoms with Crippen LogP contribution in [0.5, 0.6) is 11.5 Å². The molecule has 0 saturated heterocycles. The summed E-state index contributed by atoms with van der Waals surface area (Å²) in [5, 5.41) is 0. The van der Waals surface area contributed by atoms with Gasteiger partial charge in [-0.2, -0.15) is 0 Å².